The summed E-state index contributed by atoms with van der Waals surface area (Å²) in [4.78, 5) is 2.06. The molecule has 0 aliphatic carbocycles. The van der Waals surface area contributed by atoms with Gasteiger partial charge in [0.1, 0.15) is 0 Å². The molecule has 0 fully saturated rings. The van der Waals surface area contributed by atoms with Crippen molar-refractivity contribution in [2.45, 2.75) is 6.92 Å². The zero-order chi connectivity index (χ0) is 10.4. The van der Waals surface area contributed by atoms with Crippen molar-refractivity contribution in [2.75, 3.05) is 14.1 Å². The summed E-state index contributed by atoms with van der Waals surface area (Å²) < 4.78 is 0. The van der Waals surface area contributed by atoms with Gasteiger partial charge in [0.05, 0.1) is 0 Å². The van der Waals surface area contributed by atoms with Gasteiger partial charge in [-0.05, 0) is 18.1 Å². The minimum Gasteiger partial charge on any atom is -0.383 e. The molecule has 0 aromatic heterocycles. The van der Waals surface area contributed by atoms with Crippen LogP contribution in [0.1, 0.15) is 12.5 Å². The lowest BCUT2D eigenvalue weighted by molar-refractivity contribution is 0.566. The largest absolute Gasteiger partial charge is 0.383 e. The van der Waals surface area contributed by atoms with Gasteiger partial charge in [-0.15, -0.1) is 0 Å². The number of allylic oxidation sites excluding steroid dienone is 3. The van der Waals surface area contributed by atoms with Crippen LogP contribution in [0.25, 0.3) is 5.57 Å². The van der Waals surface area contributed by atoms with Crippen LogP contribution in [0.5, 0.6) is 0 Å². The third kappa shape index (κ3) is 3.09. The molecule has 1 aromatic rings. The molecule has 1 aromatic carbocycles. The maximum absolute atomic E-state index is 2.12. The van der Waals surface area contributed by atoms with Crippen LogP contribution in [0.2, 0.25) is 0 Å². The van der Waals surface area contributed by atoms with Crippen molar-refractivity contribution in [3.63, 3.8) is 0 Å². The molecule has 0 atom stereocenters. The first-order chi connectivity index (χ1) is 6.74. The maximum Gasteiger partial charge on any atom is 0.00646 e. The molecule has 0 N–H and O–H groups in total. The van der Waals surface area contributed by atoms with Gasteiger partial charge in [0.15, 0.2) is 0 Å². The van der Waals surface area contributed by atoms with Gasteiger partial charge in [0, 0.05) is 20.3 Å². The van der Waals surface area contributed by atoms with Gasteiger partial charge in [0.25, 0.3) is 0 Å². The molecule has 0 heterocycles. The molecule has 0 amide bonds. The lowest BCUT2D eigenvalue weighted by atomic mass is 10.1. The quantitative estimate of drug-likeness (QED) is 0.657. The van der Waals surface area contributed by atoms with Gasteiger partial charge in [-0.2, -0.15) is 0 Å². The number of hydrogen-bond donors (Lipinski definition) is 0. The lowest BCUT2D eigenvalue weighted by Crippen LogP contribution is -2.01. The Hall–Kier alpha value is -1.50. The summed E-state index contributed by atoms with van der Waals surface area (Å²) in [5.41, 5.74) is 2.48. The normalized spacial score (nSPS) is 12.1. The fourth-order valence-electron chi connectivity index (χ4n) is 1.30. The SMILES string of the molecule is C/C=C\C(=C/N(C)C)c1ccccc1. The summed E-state index contributed by atoms with van der Waals surface area (Å²) in [6.07, 6.45) is 6.30. The van der Waals surface area contributed by atoms with Crippen molar-refractivity contribution in [1.82, 2.24) is 4.90 Å². The number of benzene rings is 1. The molecule has 0 spiro atoms. The smallest absolute Gasteiger partial charge is 0.00646 e. The Morgan fingerprint density at radius 3 is 2.29 bits per heavy atom. The Kier molecular flexibility index (Phi) is 3.99. The van der Waals surface area contributed by atoms with Crippen molar-refractivity contribution in [3.05, 3.63) is 54.2 Å². The third-order valence-corrected chi connectivity index (χ3v) is 1.85. The van der Waals surface area contributed by atoms with Crippen molar-refractivity contribution in [3.8, 4) is 0 Å². The lowest BCUT2D eigenvalue weighted by Gasteiger charge is -2.08. The van der Waals surface area contributed by atoms with Crippen LogP contribution in [-0.4, -0.2) is 19.0 Å². The second-order valence-corrected chi connectivity index (χ2v) is 3.41. The first kappa shape index (κ1) is 10.6. The standard InChI is InChI=1S/C13H17N/c1-4-8-13(11-14(2)3)12-9-6-5-7-10-12/h4-11H,1-3H3/b8-4-,13-11+. The van der Waals surface area contributed by atoms with E-state index in [1.54, 1.807) is 0 Å². The minimum atomic E-state index is 1.23. The van der Waals surface area contributed by atoms with Crippen LogP contribution in [-0.2, 0) is 0 Å². The number of nitrogens with zero attached hydrogens (tertiary/aromatic N) is 1. The number of hydrogen-bond acceptors (Lipinski definition) is 1. The minimum absolute atomic E-state index is 1.23. The molecule has 0 aliphatic heterocycles. The van der Waals surface area contributed by atoms with Crippen LogP contribution >= 0.6 is 0 Å². The van der Waals surface area contributed by atoms with E-state index < -0.39 is 0 Å². The molecule has 1 heteroatoms. The van der Waals surface area contributed by atoms with E-state index in [0.29, 0.717) is 0 Å². The van der Waals surface area contributed by atoms with Gasteiger partial charge in [-0.3, -0.25) is 0 Å². The van der Waals surface area contributed by atoms with Gasteiger partial charge in [0.2, 0.25) is 0 Å². The Morgan fingerprint density at radius 1 is 1.14 bits per heavy atom. The summed E-state index contributed by atoms with van der Waals surface area (Å²) in [6, 6.07) is 10.4. The Morgan fingerprint density at radius 2 is 1.79 bits per heavy atom. The van der Waals surface area contributed by atoms with Crippen molar-refractivity contribution < 1.29 is 0 Å². The molecule has 0 unspecified atom stereocenters. The predicted molar refractivity (Wildman–Crippen MR) is 62.9 cm³/mol. The molecular weight excluding hydrogens is 170 g/mol. The summed E-state index contributed by atoms with van der Waals surface area (Å²) in [7, 11) is 4.07. The highest BCUT2D eigenvalue weighted by Gasteiger charge is 1.95. The van der Waals surface area contributed by atoms with Crippen LogP contribution in [0.3, 0.4) is 0 Å². The molecule has 14 heavy (non-hydrogen) atoms. The highest BCUT2D eigenvalue weighted by atomic mass is 15.0. The zero-order valence-corrected chi connectivity index (χ0v) is 9.07. The van der Waals surface area contributed by atoms with Crippen LogP contribution in [0.4, 0.5) is 0 Å². The number of rotatable bonds is 3. The second kappa shape index (κ2) is 5.28. The van der Waals surface area contributed by atoms with Crippen LogP contribution in [0, 0.1) is 0 Å². The predicted octanol–water partition coefficient (Wildman–Crippen LogP) is 3.17. The molecule has 1 nitrogen and oxygen atoms in total. The Labute approximate surface area is 86.4 Å². The molecule has 0 saturated heterocycles. The fourth-order valence-corrected chi connectivity index (χ4v) is 1.30. The zero-order valence-electron chi connectivity index (χ0n) is 9.07. The first-order valence-electron chi connectivity index (χ1n) is 4.80. The monoisotopic (exact) mass is 187 g/mol. The molecule has 74 valence electrons. The average Bonchev–Trinajstić information content (AvgIpc) is 2.18. The van der Waals surface area contributed by atoms with E-state index in [4.69, 9.17) is 0 Å². The topological polar surface area (TPSA) is 3.24 Å². The van der Waals surface area contributed by atoms with Gasteiger partial charge in [-0.1, -0.05) is 42.5 Å². The van der Waals surface area contributed by atoms with E-state index in [9.17, 15) is 0 Å². The first-order valence-corrected chi connectivity index (χ1v) is 4.80. The Bertz CT molecular complexity index is 320. The average molecular weight is 187 g/mol. The maximum atomic E-state index is 2.12. The van der Waals surface area contributed by atoms with E-state index in [2.05, 4.69) is 47.5 Å². The summed E-state index contributed by atoms with van der Waals surface area (Å²) >= 11 is 0. The molecule has 0 radical (unpaired) electrons. The van der Waals surface area contributed by atoms with Crippen molar-refractivity contribution >= 4 is 5.57 Å². The third-order valence-electron chi connectivity index (χ3n) is 1.85. The van der Waals surface area contributed by atoms with E-state index >= 15 is 0 Å². The highest BCUT2D eigenvalue weighted by molar-refractivity contribution is 5.73. The van der Waals surface area contributed by atoms with E-state index in [1.165, 1.54) is 11.1 Å². The highest BCUT2D eigenvalue weighted by Crippen LogP contribution is 2.15. The summed E-state index contributed by atoms with van der Waals surface area (Å²) in [5.74, 6) is 0. The van der Waals surface area contributed by atoms with Crippen molar-refractivity contribution in [1.29, 1.82) is 0 Å². The molecular formula is C13H17N. The van der Waals surface area contributed by atoms with E-state index in [1.807, 2.05) is 27.1 Å². The molecule has 0 saturated carbocycles. The van der Waals surface area contributed by atoms with Crippen LogP contribution < -0.4 is 0 Å². The van der Waals surface area contributed by atoms with Crippen LogP contribution in [0.15, 0.2) is 48.7 Å². The molecule has 0 bridgehead atoms. The van der Waals surface area contributed by atoms with Gasteiger partial charge in [-0.25, -0.2) is 0 Å². The summed E-state index contributed by atoms with van der Waals surface area (Å²) in [5, 5.41) is 0. The van der Waals surface area contributed by atoms with E-state index in [0.717, 1.165) is 0 Å². The Balaban J connectivity index is 3.01. The second-order valence-electron chi connectivity index (χ2n) is 3.41. The molecule has 1 rings (SSSR count). The van der Waals surface area contributed by atoms with Gasteiger partial charge >= 0.3 is 0 Å². The van der Waals surface area contributed by atoms with Crippen molar-refractivity contribution in [2.24, 2.45) is 0 Å². The fraction of sp³-hybridized carbons (Fsp3) is 0.231. The molecule has 0 aliphatic rings. The van der Waals surface area contributed by atoms with Gasteiger partial charge < -0.3 is 4.90 Å². The van der Waals surface area contributed by atoms with E-state index in [-0.39, 0.29) is 0 Å². The summed E-state index contributed by atoms with van der Waals surface area (Å²) in [6.45, 7) is 2.03.